The van der Waals surface area contributed by atoms with Crippen molar-refractivity contribution in [3.63, 3.8) is 0 Å². The largest absolute Gasteiger partial charge is 0.367 e. The molecule has 1 N–H and O–H groups in total. The van der Waals surface area contributed by atoms with E-state index in [1.54, 1.807) is 6.07 Å². The van der Waals surface area contributed by atoms with Gasteiger partial charge in [-0.2, -0.15) is 0 Å². The summed E-state index contributed by atoms with van der Waals surface area (Å²) in [4.78, 5) is 16.7. The molecule has 0 aliphatic carbocycles. The molecule has 0 aliphatic heterocycles. The summed E-state index contributed by atoms with van der Waals surface area (Å²) >= 11 is 0. The first-order chi connectivity index (χ1) is 12.1. The van der Waals surface area contributed by atoms with Gasteiger partial charge in [-0.3, -0.25) is 4.79 Å². The minimum atomic E-state index is -0.654. The summed E-state index contributed by atoms with van der Waals surface area (Å²) in [5.74, 6) is 0.166. The number of fused-ring (bicyclic) bond motifs is 1. The number of benzene rings is 2. The molecule has 130 valence electrons. The third-order valence-corrected chi connectivity index (χ3v) is 4.18. The molecule has 0 spiro atoms. The predicted octanol–water partition coefficient (Wildman–Crippen LogP) is 2.76. The maximum absolute atomic E-state index is 13.8. The lowest BCUT2D eigenvalue weighted by Gasteiger charge is -2.15. The Bertz CT molecular complexity index is 877. The Hall–Kier alpha value is -2.73. The maximum Gasteiger partial charge on any atom is 0.253 e. The molecule has 1 heterocycles. The fourth-order valence-electron chi connectivity index (χ4n) is 2.86. The van der Waals surface area contributed by atoms with E-state index in [1.165, 1.54) is 13.2 Å². The first-order valence-electron chi connectivity index (χ1n) is 8.07. The van der Waals surface area contributed by atoms with E-state index < -0.39 is 6.10 Å². The summed E-state index contributed by atoms with van der Waals surface area (Å²) in [5, 5.41) is 2.86. The molecule has 0 saturated carbocycles. The van der Waals surface area contributed by atoms with Crippen LogP contribution < -0.4 is 5.32 Å². The number of hydrogen-bond acceptors (Lipinski definition) is 3. The second-order valence-corrected chi connectivity index (χ2v) is 5.76. The van der Waals surface area contributed by atoms with E-state index in [0.717, 1.165) is 11.1 Å². The summed E-state index contributed by atoms with van der Waals surface area (Å²) in [5.41, 5.74) is 1.89. The highest BCUT2D eigenvalue weighted by Crippen LogP contribution is 2.18. The standard InChI is InChI=1S/C19H20FN3O2/c1-23-15-10-6-9-14(20)17(15)22-16(23)11-12-21-19(24)18(25-2)13-7-4-3-5-8-13/h3-10,18H,11-12H2,1-2H3,(H,21,24)/t18-/m0/s1. The zero-order valence-corrected chi connectivity index (χ0v) is 14.2. The third-order valence-electron chi connectivity index (χ3n) is 4.18. The van der Waals surface area contributed by atoms with Gasteiger partial charge in [-0.25, -0.2) is 9.37 Å². The molecule has 1 aromatic heterocycles. The number of halogens is 1. The Morgan fingerprint density at radius 1 is 1.24 bits per heavy atom. The van der Waals surface area contributed by atoms with E-state index in [4.69, 9.17) is 4.74 Å². The quantitative estimate of drug-likeness (QED) is 0.750. The Kier molecular flexibility index (Phi) is 5.09. The van der Waals surface area contributed by atoms with Crippen LogP contribution in [-0.2, 0) is 23.0 Å². The molecule has 5 nitrogen and oxygen atoms in total. The van der Waals surface area contributed by atoms with Crippen molar-refractivity contribution in [1.82, 2.24) is 14.9 Å². The van der Waals surface area contributed by atoms with Crippen LogP contribution in [0, 0.1) is 5.82 Å². The lowest BCUT2D eigenvalue weighted by atomic mass is 10.1. The number of imidazole rings is 1. The van der Waals surface area contributed by atoms with Crippen LogP contribution in [0.3, 0.4) is 0 Å². The van der Waals surface area contributed by atoms with Gasteiger partial charge in [0.05, 0.1) is 5.52 Å². The van der Waals surface area contributed by atoms with Gasteiger partial charge in [0.2, 0.25) is 0 Å². The average Bonchev–Trinajstić information content (AvgIpc) is 2.94. The molecule has 3 aromatic rings. The number of hydrogen-bond donors (Lipinski definition) is 1. The van der Waals surface area contributed by atoms with Crippen LogP contribution in [0.15, 0.2) is 48.5 Å². The van der Waals surface area contributed by atoms with Gasteiger partial charge in [0, 0.05) is 27.1 Å². The van der Waals surface area contributed by atoms with Gasteiger partial charge in [0.1, 0.15) is 11.3 Å². The van der Waals surface area contributed by atoms with Gasteiger partial charge in [0.15, 0.2) is 11.9 Å². The number of ether oxygens (including phenoxy) is 1. The normalized spacial score (nSPS) is 12.3. The summed E-state index contributed by atoms with van der Waals surface area (Å²) < 4.78 is 21.0. The van der Waals surface area contributed by atoms with Crippen molar-refractivity contribution in [3.8, 4) is 0 Å². The highest BCUT2D eigenvalue weighted by atomic mass is 19.1. The fourth-order valence-corrected chi connectivity index (χ4v) is 2.86. The minimum absolute atomic E-state index is 0.210. The number of carbonyl (C=O) groups is 1. The molecular formula is C19H20FN3O2. The van der Waals surface area contributed by atoms with Crippen molar-refractivity contribution in [3.05, 3.63) is 65.7 Å². The van der Waals surface area contributed by atoms with Gasteiger partial charge < -0.3 is 14.6 Å². The number of rotatable bonds is 6. The van der Waals surface area contributed by atoms with Crippen molar-refractivity contribution in [2.24, 2.45) is 7.05 Å². The van der Waals surface area contributed by atoms with Crippen LogP contribution in [-0.4, -0.2) is 29.1 Å². The average molecular weight is 341 g/mol. The van der Waals surface area contributed by atoms with E-state index in [1.807, 2.05) is 48.0 Å². The molecule has 6 heteroatoms. The van der Waals surface area contributed by atoms with E-state index in [9.17, 15) is 9.18 Å². The van der Waals surface area contributed by atoms with Crippen LogP contribution in [0.2, 0.25) is 0 Å². The van der Waals surface area contributed by atoms with Gasteiger partial charge in [0.25, 0.3) is 5.91 Å². The number of aromatic nitrogens is 2. The summed E-state index contributed by atoms with van der Waals surface area (Å²) in [6.07, 6.45) is -0.152. The minimum Gasteiger partial charge on any atom is -0.367 e. The summed E-state index contributed by atoms with van der Waals surface area (Å²) in [6, 6.07) is 14.2. The van der Waals surface area contributed by atoms with Crippen molar-refractivity contribution >= 4 is 16.9 Å². The molecular weight excluding hydrogens is 321 g/mol. The smallest absolute Gasteiger partial charge is 0.253 e. The topological polar surface area (TPSA) is 56.1 Å². The summed E-state index contributed by atoms with van der Waals surface area (Å²) in [6.45, 7) is 0.393. The molecule has 1 amide bonds. The Labute approximate surface area is 145 Å². The number of carbonyl (C=O) groups excluding carboxylic acids is 1. The highest BCUT2D eigenvalue weighted by molar-refractivity contribution is 5.82. The molecule has 0 aliphatic rings. The molecule has 1 atom stereocenters. The lowest BCUT2D eigenvalue weighted by Crippen LogP contribution is -2.32. The van der Waals surface area contributed by atoms with Crippen molar-refractivity contribution in [1.29, 1.82) is 0 Å². The number of methoxy groups -OCH3 is 1. The van der Waals surface area contributed by atoms with Crippen LogP contribution >= 0.6 is 0 Å². The zero-order chi connectivity index (χ0) is 17.8. The Morgan fingerprint density at radius 3 is 2.68 bits per heavy atom. The second-order valence-electron chi connectivity index (χ2n) is 5.76. The third kappa shape index (κ3) is 3.53. The van der Waals surface area contributed by atoms with Crippen molar-refractivity contribution in [2.75, 3.05) is 13.7 Å². The second kappa shape index (κ2) is 7.44. The number of para-hydroxylation sites is 1. The molecule has 0 bridgehead atoms. The van der Waals surface area contributed by atoms with Crippen molar-refractivity contribution in [2.45, 2.75) is 12.5 Å². The van der Waals surface area contributed by atoms with Gasteiger partial charge >= 0.3 is 0 Å². The molecule has 2 aromatic carbocycles. The van der Waals surface area contributed by atoms with E-state index >= 15 is 0 Å². The molecule has 0 saturated heterocycles. The first kappa shape index (κ1) is 17.1. The number of amides is 1. The Balaban J connectivity index is 1.65. The van der Waals surface area contributed by atoms with Crippen LogP contribution in [0.25, 0.3) is 11.0 Å². The Morgan fingerprint density at radius 2 is 2.00 bits per heavy atom. The van der Waals surface area contributed by atoms with E-state index in [0.29, 0.717) is 24.3 Å². The van der Waals surface area contributed by atoms with E-state index in [-0.39, 0.29) is 11.7 Å². The molecule has 0 radical (unpaired) electrons. The number of aryl methyl sites for hydroxylation is 1. The molecule has 0 unspecified atom stereocenters. The predicted molar refractivity (Wildman–Crippen MR) is 93.6 cm³/mol. The van der Waals surface area contributed by atoms with Crippen LogP contribution in [0.4, 0.5) is 4.39 Å². The molecule has 3 rings (SSSR count). The number of nitrogens with zero attached hydrogens (tertiary/aromatic N) is 2. The van der Waals surface area contributed by atoms with Gasteiger partial charge in [-0.05, 0) is 17.7 Å². The van der Waals surface area contributed by atoms with Crippen LogP contribution in [0.1, 0.15) is 17.5 Å². The SMILES string of the molecule is CO[C@H](C(=O)NCCc1nc2c(F)cccc2n1C)c1ccccc1. The van der Waals surface area contributed by atoms with Crippen LogP contribution in [0.5, 0.6) is 0 Å². The molecule has 25 heavy (non-hydrogen) atoms. The lowest BCUT2D eigenvalue weighted by molar-refractivity contribution is -0.131. The monoisotopic (exact) mass is 341 g/mol. The zero-order valence-electron chi connectivity index (χ0n) is 14.2. The first-order valence-corrected chi connectivity index (χ1v) is 8.07. The number of nitrogens with one attached hydrogen (secondary N) is 1. The van der Waals surface area contributed by atoms with E-state index in [2.05, 4.69) is 10.3 Å². The van der Waals surface area contributed by atoms with Gasteiger partial charge in [-0.15, -0.1) is 0 Å². The summed E-state index contributed by atoms with van der Waals surface area (Å²) in [7, 11) is 3.35. The molecule has 0 fully saturated rings. The maximum atomic E-state index is 13.8. The fraction of sp³-hybridized carbons (Fsp3) is 0.263. The highest BCUT2D eigenvalue weighted by Gasteiger charge is 2.19. The van der Waals surface area contributed by atoms with Gasteiger partial charge in [-0.1, -0.05) is 36.4 Å². The van der Waals surface area contributed by atoms with Crippen molar-refractivity contribution < 1.29 is 13.9 Å².